The molecule has 0 saturated carbocycles. The Morgan fingerprint density at radius 2 is 1.89 bits per heavy atom. The second-order valence-corrected chi connectivity index (χ2v) is 5.31. The number of carbonyl (C=O) groups is 1. The SMILES string of the molecule is COc1ccc(CCC(C)(CC(=O)O)N(C)C)cc1. The van der Waals surface area contributed by atoms with Gasteiger partial charge in [0.15, 0.2) is 0 Å². The highest BCUT2D eigenvalue weighted by atomic mass is 16.5. The first-order valence-corrected chi connectivity index (χ1v) is 6.39. The van der Waals surface area contributed by atoms with E-state index in [0.717, 1.165) is 18.6 Å². The molecule has 0 saturated heterocycles. The Morgan fingerprint density at radius 1 is 1.32 bits per heavy atom. The summed E-state index contributed by atoms with van der Waals surface area (Å²) in [5.74, 6) is 0.0792. The zero-order valence-electron chi connectivity index (χ0n) is 12.1. The molecule has 0 aliphatic rings. The van der Waals surface area contributed by atoms with Gasteiger partial charge in [0.1, 0.15) is 5.75 Å². The number of carboxylic acids is 1. The molecule has 4 heteroatoms. The Labute approximate surface area is 115 Å². The van der Waals surface area contributed by atoms with Crippen molar-refractivity contribution in [2.75, 3.05) is 21.2 Å². The molecule has 1 atom stereocenters. The van der Waals surface area contributed by atoms with E-state index in [-0.39, 0.29) is 12.0 Å². The summed E-state index contributed by atoms with van der Waals surface area (Å²) >= 11 is 0. The van der Waals surface area contributed by atoms with Gasteiger partial charge in [-0.2, -0.15) is 0 Å². The summed E-state index contributed by atoms with van der Waals surface area (Å²) in [6.07, 6.45) is 1.81. The van der Waals surface area contributed by atoms with Gasteiger partial charge in [0, 0.05) is 5.54 Å². The number of hydrogen-bond acceptors (Lipinski definition) is 3. The summed E-state index contributed by atoms with van der Waals surface area (Å²) in [5.41, 5.74) is 0.866. The van der Waals surface area contributed by atoms with Gasteiger partial charge < -0.3 is 14.7 Å². The van der Waals surface area contributed by atoms with Gasteiger partial charge in [0.2, 0.25) is 0 Å². The first-order chi connectivity index (χ1) is 8.87. The summed E-state index contributed by atoms with van der Waals surface area (Å²) in [6, 6.07) is 7.91. The summed E-state index contributed by atoms with van der Waals surface area (Å²) in [4.78, 5) is 13.0. The smallest absolute Gasteiger partial charge is 0.305 e. The molecular formula is C15H23NO3. The number of methoxy groups -OCH3 is 1. The van der Waals surface area contributed by atoms with E-state index >= 15 is 0 Å². The summed E-state index contributed by atoms with van der Waals surface area (Å²) in [5, 5.41) is 9.02. The van der Waals surface area contributed by atoms with Crippen molar-refractivity contribution >= 4 is 5.97 Å². The summed E-state index contributed by atoms with van der Waals surface area (Å²) < 4.78 is 5.12. The average molecular weight is 265 g/mol. The standard InChI is InChI=1S/C15H23NO3/c1-15(16(2)3,11-14(17)18)10-9-12-5-7-13(19-4)8-6-12/h5-8H,9-11H2,1-4H3,(H,17,18). The minimum Gasteiger partial charge on any atom is -0.497 e. The normalized spacial score (nSPS) is 14.2. The number of carboxylic acid groups (broad SMARTS) is 1. The van der Waals surface area contributed by atoms with E-state index < -0.39 is 5.97 Å². The topological polar surface area (TPSA) is 49.8 Å². The highest BCUT2D eigenvalue weighted by Crippen LogP contribution is 2.24. The van der Waals surface area contributed by atoms with Gasteiger partial charge in [-0.25, -0.2) is 0 Å². The fraction of sp³-hybridized carbons (Fsp3) is 0.533. The molecule has 1 N–H and O–H groups in total. The van der Waals surface area contributed by atoms with E-state index in [4.69, 9.17) is 9.84 Å². The summed E-state index contributed by atoms with van der Waals surface area (Å²) in [7, 11) is 5.50. The van der Waals surface area contributed by atoms with E-state index in [1.54, 1.807) is 7.11 Å². The van der Waals surface area contributed by atoms with Crippen LogP contribution in [0.3, 0.4) is 0 Å². The minimum atomic E-state index is -0.758. The lowest BCUT2D eigenvalue weighted by Gasteiger charge is -2.35. The number of aryl methyl sites for hydroxylation is 1. The maximum Gasteiger partial charge on any atom is 0.305 e. The van der Waals surface area contributed by atoms with Gasteiger partial charge in [0.05, 0.1) is 13.5 Å². The number of rotatable bonds is 7. The molecule has 0 bridgehead atoms. The van der Waals surface area contributed by atoms with Crippen molar-refractivity contribution in [1.82, 2.24) is 4.90 Å². The third-order valence-electron chi connectivity index (χ3n) is 3.72. The molecule has 0 amide bonds. The predicted molar refractivity (Wildman–Crippen MR) is 75.7 cm³/mol. The molecule has 1 aromatic carbocycles. The zero-order valence-corrected chi connectivity index (χ0v) is 12.1. The predicted octanol–water partition coefficient (Wildman–Crippen LogP) is 2.42. The third-order valence-corrected chi connectivity index (χ3v) is 3.72. The molecule has 106 valence electrons. The van der Waals surface area contributed by atoms with E-state index in [9.17, 15) is 4.79 Å². The lowest BCUT2D eigenvalue weighted by Crippen LogP contribution is -2.43. The molecule has 0 spiro atoms. The van der Waals surface area contributed by atoms with Crippen molar-refractivity contribution < 1.29 is 14.6 Å². The van der Waals surface area contributed by atoms with Crippen molar-refractivity contribution in [2.45, 2.75) is 31.7 Å². The van der Waals surface area contributed by atoms with Gasteiger partial charge in [0.25, 0.3) is 0 Å². The quantitative estimate of drug-likeness (QED) is 0.822. The van der Waals surface area contributed by atoms with Gasteiger partial charge in [-0.1, -0.05) is 12.1 Å². The van der Waals surface area contributed by atoms with Crippen LogP contribution in [0.25, 0.3) is 0 Å². The van der Waals surface area contributed by atoms with Crippen LogP contribution < -0.4 is 4.74 Å². The van der Waals surface area contributed by atoms with Crippen LogP contribution in [0.15, 0.2) is 24.3 Å². The number of hydrogen-bond donors (Lipinski definition) is 1. The molecule has 4 nitrogen and oxygen atoms in total. The van der Waals surface area contributed by atoms with Crippen LogP contribution in [0.2, 0.25) is 0 Å². The molecule has 1 rings (SSSR count). The van der Waals surface area contributed by atoms with Gasteiger partial charge in [-0.3, -0.25) is 4.79 Å². The van der Waals surface area contributed by atoms with Crippen LogP contribution in [0.4, 0.5) is 0 Å². The third kappa shape index (κ3) is 4.56. The number of aliphatic carboxylic acids is 1. The van der Waals surface area contributed by atoms with E-state index in [1.165, 1.54) is 5.56 Å². The van der Waals surface area contributed by atoms with E-state index in [1.807, 2.05) is 50.2 Å². The Hall–Kier alpha value is -1.55. The fourth-order valence-electron chi connectivity index (χ4n) is 2.00. The molecule has 19 heavy (non-hydrogen) atoms. The maximum absolute atomic E-state index is 11.0. The molecular weight excluding hydrogens is 242 g/mol. The van der Waals surface area contributed by atoms with Crippen molar-refractivity contribution in [2.24, 2.45) is 0 Å². The van der Waals surface area contributed by atoms with Crippen LogP contribution in [0.5, 0.6) is 5.75 Å². The maximum atomic E-state index is 11.0. The number of benzene rings is 1. The fourth-order valence-corrected chi connectivity index (χ4v) is 2.00. The van der Waals surface area contributed by atoms with Crippen LogP contribution in [0, 0.1) is 0 Å². The lowest BCUT2D eigenvalue weighted by molar-refractivity contribution is -0.139. The highest BCUT2D eigenvalue weighted by Gasteiger charge is 2.29. The number of nitrogens with zero attached hydrogens (tertiary/aromatic N) is 1. The van der Waals surface area contributed by atoms with Crippen molar-refractivity contribution in [3.63, 3.8) is 0 Å². The van der Waals surface area contributed by atoms with Gasteiger partial charge >= 0.3 is 5.97 Å². The Morgan fingerprint density at radius 3 is 2.32 bits per heavy atom. The molecule has 0 fully saturated rings. The van der Waals surface area contributed by atoms with E-state index in [0.29, 0.717) is 0 Å². The number of ether oxygens (including phenoxy) is 1. The zero-order chi connectivity index (χ0) is 14.5. The second kappa shape index (κ2) is 6.57. The first kappa shape index (κ1) is 15.5. The lowest BCUT2D eigenvalue weighted by atomic mass is 9.89. The van der Waals surface area contributed by atoms with Gasteiger partial charge in [-0.15, -0.1) is 0 Å². The molecule has 0 aliphatic heterocycles. The van der Waals surface area contributed by atoms with Crippen molar-refractivity contribution in [3.8, 4) is 5.75 Å². The van der Waals surface area contributed by atoms with Crippen molar-refractivity contribution in [1.29, 1.82) is 0 Å². The molecule has 1 unspecified atom stereocenters. The second-order valence-electron chi connectivity index (χ2n) is 5.31. The van der Waals surface area contributed by atoms with E-state index in [2.05, 4.69) is 0 Å². The highest BCUT2D eigenvalue weighted by molar-refractivity contribution is 5.68. The van der Waals surface area contributed by atoms with Crippen LogP contribution >= 0.6 is 0 Å². The van der Waals surface area contributed by atoms with Crippen LogP contribution in [-0.2, 0) is 11.2 Å². The Balaban J connectivity index is 2.67. The Kier molecular flexibility index (Phi) is 5.36. The first-order valence-electron chi connectivity index (χ1n) is 6.39. The molecule has 1 aromatic rings. The monoisotopic (exact) mass is 265 g/mol. The molecule has 0 radical (unpaired) electrons. The Bertz CT molecular complexity index is 414. The summed E-state index contributed by atoms with van der Waals surface area (Å²) in [6.45, 7) is 1.99. The molecule has 0 aromatic heterocycles. The average Bonchev–Trinajstić information content (AvgIpc) is 2.36. The van der Waals surface area contributed by atoms with Crippen LogP contribution in [-0.4, -0.2) is 42.7 Å². The van der Waals surface area contributed by atoms with Crippen LogP contribution in [0.1, 0.15) is 25.3 Å². The van der Waals surface area contributed by atoms with Gasteiger partial charge in [-0.05, 0) is 51.6 Å². The van der Waals surface area contributed by atoms with Crippen molar-refractivity contribution in [3.05, 3.63) is 29.8 Å². The molecule has 0 heterocycles. The minimum absolute atomic E-state index is 0.149. The molecule has 0 aliphatic carbocycles. The largest absolute Gasteiger partial charge is 0.497 e.